The monoisotopic (exact) mass is 269 g/mol. The lowest BCUT2D eigenvalue weighted by Crippen LogP contribution is -2.06. The van der Waals surface area contributed by atoms with Crippen molar-refractivity contribution < 1.29 is 5.11 Å². The molecule has 0 fully saturated rings. The van der Waals surface area contributed by atoms with Crippen LogP contribution >= 0.6 is 15.9 Å². The summed E-state index contributed by atoms with van der Waals surface area (Å²) < 4.78 is 2.79. The number of phenolic OH excluding ortho intramolecular Hbond substituents is 1. The van der Waals surface area contributed by atoms with E-state index in [9.17, 15) is 5.11 Å². The van der Waals surface area contributed by atoms with E-state index in [-0.39, 0.29) is 5.75 Å². The first kappa shape index (κ1) is 10.4. The van der Waals surface area contributed by atoms with E-state index in [4.69, 9.17) is 5.73 Å². The maximum atomic E-state index is 9.32. The molecule has 3 N–H and O–H groups in total. The quantitative estimate of drug-likeness (QED) is 0.894. The van der Waals surface area contributed by atoms with Crippen molar-refractivity contribution in [3.63, 3.8) is 0 Å². The molecular formula is C10H12BrN3O. The third-order valence-electron chi connectivity index (χ3n) is 2.23. The smallest absolute Gasteiger partial charge is 0.117 e. The first-order valence-electron chi connectivity index (χ1n) is 4.77. The Morgan fingerprint density at radius 1 is 1.47 bits per heavy atom. The number of nitrogens with zero attached hydrogens (tertiary/aromatic N) is 2. The zero-order valence-corrected chi connectivity index (χ0v) is 9.74. The van der Waals surface area contributed by atoms with Gasteiger partial charge in [0, 0.05) is 18.0 Å². The molecule has 0 aliphatic carbocycles. The molecule has 15 heavy (non-hydrogen) atoms. The normalized spacial score (nSPS) is 11.1. The minimum atomic E-state index is 0.235. The summed E-state index contributed by atoms with van der Waals surface area (Å²) in [5.74, 6) is 0.235. The Balaban J connectivity index is 2.44. The van der Waals surface area contributed by atoms with Crippen molar-refractivity contribution >= 4 is 26.8 Å². The first-order valence-corrected chi connectivity index (χ1v) is 5.57. The molecule has 80 valence electrons. The fraction of sp³-hybridized carbons (Fsp3) is 0.300. The third-order valence-corrected chi connectivity index (χ3v) is 3.07. The number of rotatable bonds is 3. The molecule has 0 saturated heterocycles. The zero-order valence-electron chi connectivity index (χ0n) is 8.15. The van der Waals surface area contributed by atoms with Gasteiger partial charge in [0.05, 0.1) is 5.52 Å². The second kappa shape index (κ2) is 4.20. The number of phenols is 1. The van der Waals surface area contributed by atoms with Gasteiger partial charge in [-0.1, -0.05) is 0 Å². The molecule has 0 saturated carbocycles. The highest BCUT2D eigenvalue weighted by atomic mass is 79.9. The minimum Gasteiger partial charge on any atom is -0.508 e. The molecule has 0 unspecified atom stereocenters. The molecule has 0 atom stereocenters. The van der Waals surface area contributed by atoms with Crippen LogP contribution in [0.1, 0.15) is 6.42 Å². The maximum absolute atomic E-state index is 9.32. The van der Waals surface area contributed by atoms with Crippen molar-refractivity contribution in [2.45, 2.75) is 13.0 Å². The lowest BCUT2D eigenvalue weighted by atomic mass is 10.2. The number of aryl methyl sites for hydroxylation is 1. The van der Waals surface area contributed by atoms with Gasteiger partial charge in [-0.15, -0.1) is 0 Å². The van der Waals surface area contributed by atoms with Gasteiger partial charge in [-0.25, -0.2) is 0 Å². The van der Waals surface area contributed by atoms with Gasteiger partial charge in [-0.3, -0.25) is 4.68 Å². The number of aromatic nitrogens is 2. The summed E-state index contributed by atoms with van der Waals surface area (Å²) in [4.78, 5) is 0. The molecule has 5 heteroatoms. The standard InChI is InChI=1S/C10H12BrN3O/c11-10-8-3-2-7(15)6-9(8)13-14(10)5-1-4-12/h2-3,6,15H,1,4-5,12H2. The lowest BCUT2D eigenvalue weighted by Gasteiger charge is -2.00. The highest BCUT2D eigenvalue weighted by Gasteiger charge is 2.08. The topological polar surface area (TPSA) is 64.1 Å². The molecular weight excluding hydrogens is 258 g/mol. The fourth-order valence-electron chi connectivity index (χ4n) is 1.48. The van der Waals surface area contributed by atoms with Crippen LogP contribution in [0.5, 0.6) is 5.75 Å². The third kappa shape index (κ3) is 1.98. The Labute approximate surface area is 95.8 Å². The second-order valence-electron chi connectivity index (χ2n) is 3.36. The van der Waals surface area contributed by atoms with E-state index in [0.717, 1.165) is 28.5 Å². The molecule has 0 spiro atoms. The number of nitrogens with two attached hydrogens (primary N) is 1. The molecule has 1 aromatic carbocycles. The van der Waals surface area contributed by atoms with Gasteiger partial charge in [0.25, 0.3) is 0 Å². The van der Waals surface area contributed by atoms with E-state index in [1.54, 1.807) is 12.1 Å². The number of halogens is 1. The van der Waals surface area contributed by atoms with Crippen molar-refractivity contribution in [3.8, 4) is 5.75 Å². The van der Waals surface area contributed by atoms with Crippen LogP contribution in [0.25, 0.3) is 10.9 Å². The molecule has 4 nitrogen and oxygen atoms in total. The number of aromatic hydroxyl groups is 1. The van der Waals surface area contributed by atoms with Gasteiger partial charge in [-0.05, 0) is 41.0 Å². The predicted molar refractivity (Wildman–Crippen MR) is 62.8 cm³/mol. The summed E-state index contributed by atoms with van der Waals surface area (Å²) in [6.07, 6.45) is 0.887. The first-order chi connectivity index (χ1) is 7.22. The van der Waals surface area contributed by atoms with Crippen molar-refractivity contribution in [1.82, 2.24) is 9.78 Å². The van der Waals surface area contributed by atoms with Gasteiger partial charge in [0.15, 0.2) is 0 Å². The average Bonchev–Trinajstić information content (AvgIpc) is 2.52. The van der Waals surface area contributed by atoms with Crippen LogP contribution in [0.3, 0.4) is 0 Å². The van der Waals surface area contributed by atoms with E-state index in [1.807, 2.05) is 10.7 Å². The van der Waals surface area contributed by atoms with Crippen LogP contribution in [-0.2, 0) is 6.54 Å². The fourth-order valence-corrected chi connectivity index (χ4v) is 2.07. The van der Waals surface area contributed by atoms with E-state index in [0.29, 0.717) is 6.54 Å². The Morgan fingerprint density at radius 3 is 3.00 bits per heavy atom. The summed E-state index contributed by atoms with van der Waals surface area (Å²) in [7, 11) is 0. The maximum Gasteiger partial charge on any atom is 0.117 e. The largest absolute Gasteiger partial charge is 0.508 e. The predicted octanol–water partition coefficient (Wildman–Crippen LogP) is 1.85. The van der Waals surface area contributed by atoms with Crippen LogP contribution in [0.2, 0.25) is 0 Å². The molecule has 0 aliphatic rings. The van der Waals surface area contributed by atoms with Crippen LogP contribution in [0.15, 0.2) is 22.8 Å². The molecule has 0 bridgehead atoms. The van der Waals surface area contributed by atoms with E-state index in [2.05, 4.69) is 21.0 Å². The summed E-state index contributed by atoms with van der Waals surface area (Å²) in [6.45, 7) is 1.43. The zero-order chi connectivity index (χ0) is 10.8. The molecule has 0 amide bonds. The highest BCUT2D eigenvalue weighted by Crippen LogP contribution is 2.26. The van der Waals surface area contributed by atoms with E-state index in [1.165, 1.54) is 0 Å². The van der Waals surface area contributed by atoms with E-state index >= 15 is 0 Å². The van der Waals surface area contributed by atoms with Gasteiger partial charge in [0.2, 0.25) is 0 Å². The summed E-state index contributed by atoms with van der Waals surface area (Å²) in [5.41, 5.74) is 6.24. The summed E-state index contributed by atoms with van der Waals surface area (Å²) in [5, 5.41) is 14.7. The van der Waals surface area contributed by atoms with Crippen LogP contribution in [-0.4, -0.2) is 21.4 Å². The number of fused-ring (bicyclic) bond motifs is 1. The SMILES string of the molecule is NCCCn1nc2cc(O)ccc2c1Br. The van der Waals surface area contributed by atoms with Crippen molar-refractivity contribution in [2.24, 2.45) is 5.73 Å². The lowest BCUT2D eigenvalue weighted by molar-refractivity contribution is 0.476. The molecule has 2 aromatic rings. The molecule has 2 rings (SSSR count). The van der Waals surface area contributed by atoms with Gasteiger partial charge < -0.3 is 10.8 Å². The van der Waals surface area contributed by atoms with Crippen molar-refractivity contribution in [1.29, 1.82) is 0 Å². The van der Waals surface area contributed by atoms with Gasteiger partial charge in [-0.2, -0.15) is 5.10 Å². The molecule has 1 aromatic heterocycles. The Kier molecular flexibility index (Phi) is 2.93. The number of hydrogen-bond acceptors (Lipinski definition) is 3. The Hall–Kier alpha value is -1.07. The average molecular weight is 270 g/mol. The van der Waals surface area contributed by atoms with Gasteiger partial charge in [0.1, 0.15) is 10.4 Å². The number of benzene rings is 1. The Morgan fingerprint density at radius 2 is 2.27 bits per heavy atom. The van der Waals surface area contributed by atoms with E-state index < -0.39 is 0 Å². The van der Waals surface area contributed by atoms with Crippen molar-refractivity contribution in [2.75, 3.05) is 6.54 Å². The van der Waals surface area contributed by atoms with Crippen LogP contribution < -0.4 is 5.73 Å². The summed E-state index contributed by atoms with van der Waals surface area (Å²) in [6, 6.07) is 5.15. The summed E-state index contributed by atoms with van der Waals surface area (Å²) >= 11 is 3.48. The van der Waals surface area contributed by atoms with Crippen molar-refractivity contribution in [3.05, 3.63) is 22.8 Å². The minimum absolute atomic E-state index is 0.235. The Bertz CT molecular complexity index is 481. The molecule has 0 aliphatic heterocycles. The second-order valence-corrected chi connectivity index (χ2v) is 4.11. The molecule has 0 radical (unpaired) electrons. The van der Waals surface area contributed by atoms with Crippen LogP contribution in [0.4, 0.5) is 0 Å². The highest BCUT2D eigenvalue weighted by molar-refractivity contribution is 9.10. The van der Waals surface area contributed by atoms with Gasteiger partial charge >= 0.3 is 0 Å². The number of hydrogen-bond donors (Lipinski definition) is 2. The molecule has 1 heterocycles. The van der Waals surface area contributed by atoms with Crippen LogP contribution in [0, 0.1) is 0 Å².